The van der Waals surface area contributed by atoms with Gasteiger partial charge in [0, 0.05) is 253 Å². The number of hydrogen-bond donors (Lipinski definition) is 2. The molecular formula is C100H229N21O11. The molecule has 0 radical (unpaired) electrons. The van der Waals surface area contributed by atoms with Crippen LogP contribution < -0.4 is 11.1 Å². The summed E-state index contributed by atoms with van der Waals surface area (Å²) in [6.45, 7) is 87.4. The van der Waals surface area contributed by atoms with Gasteiger partial charge in [0.15, 0.2) is 0 Å². The fraction of sp³-hybridized carbons (Fsp3) is 0.980. The first-order chi connectivity index (χ1) is 63.6. The molecule has 0 aliphatic carbocycles. The van der Waals surface area contributed by atoms with Crippen LogP contribution in [-0.4, -0.2) is 612 Å². The fourth-order valence-corrected chi connectivity index (χ4v) is 13.5. The summed E-state index contributed by atoms with van der Waals surface area (Å²) in [6.07, 6.45) is 14.1. The van der Waals surface area contributed by atoms with Crippen molar-refractivity contribution < 1.29 is 52.2 Å². The van der Waals surface area contributed by atoms with Crippen LogP contribution in [0.2, 0.25) is 0 Å². The molecule has 10 fully saturated rings. The highest BCUT2D eigenvalue weighted by Gasteiger charge is 2.20. The number of piperidine rings is 2. The Morgan fingerprint density at radius 3 is 0.727 bits per heavy atom. The first kappa shape index (κ1) is 141. The number of likely N-dealkylation sites (tertiary alicyclic amines) is 4. The largest absolute Gasteiger partial charge is 0.383 e. The van der Waals surface area contributed by atoms with E-state index in [-0.39, 0.29) is 11.8 Å². The van der Waals surface area contributed by atoms with Crippen molar-refractivity contribution in [1.29, 1.82) is 0 Å². The molecule has 0 aromatic carbocycles. The van der Waals surface area contributed by atoms with E-state index < -0.39 is 0 Å². The molecule has 10 heterocycles. The number of rotatable bonds is 33. The van der Waals surface area contributed by atoms with Crippen LogP contribution in [0.15, 0.2) is 0 Å². The fourth-order valence-electron chi connectivity index (χ4n) is 13.5. The van der Waals surface area contributed by atoms with Gasteiger partial charge >= 0.3 is 0 Å². The number of nitrogens with zero attached hydrogens (tertiary/aromatic N) is 19. The third kappa shape index (κ3) is 102. The molecule has 0 saturated carbocycles. The van der Waals surface area contributed by atoms with E-state index in [9.17, 15) is 9.59 Å². The number of hydrogen-bond acceptors (Lipinski definition) is 30. The average molecular weight is 1900 g/mol. The molecule has 800 valence electrons. The summed E-state index contributed by atoms with van der Waals surface area (Å²) >= 11 is 0. The van der Waals surface area contributed by atoms with E-state index in [1.165, 1.54) is 202 Å². The van der Waals surface area contributed by atoms with Gasteiger partial charge in [-0.15, -0.1) is 0 Å². The van der Waals surface area contributed by atoms with Gasteiger partial charge in [-0.2, -0.15) is 0 Å². The number of piperazine rings is 4. The third-order valence-electron chi connectivity index (χ3n) is 24.0. The quantitative estimate of drug-likeness (QED) is 0.0684. The van der Waals surface area contributed by atoms with Crippen LogP contribution in [-0.2, 0) is 52.2 Å². The number of nitrogens with one attached hydrogen (secondary N) is 1. The zero-order valence-electron chi connectivity index (χ0n) is 93.1. The number of carbonyl (C=O) groups excluding carboxylic acids is 2. The Morgan fingerprint density at radius 2 is 0.500 bits per heavy atom. The summed E-state index contributed by atoms with van der Waals surface area (Å²) < 4.78 is 45.0. The molecule has 0 bridgehead atoms. The molecule has 10 saturated heterocycles. The monoisotopic (exact) mass is 1900 g/mol. The molecule has 2 amide bonds. The molecule has 10 rings (SSSR count). The van der Waals surface area contributed by atoms with Crippen molar-refractivity contribution in [2.75, 3.05) is 508 Å². The first-order valence-corrected chi connectivity index (χ1v) is 51.9. The van der Waals surface area contributed by atoms with Crippen LogP contribution in [0.5, 0.6) is 0 Å². The summed E-state index contributed by atoms with van der Waals surface area (Å²) in [7, 11) is 35.1. The summed E-state index contributed by atoms with van der Waals surface area (Å²) in [5.41, 5.74) is 4.85. The van der Waals surface area contributed by atoms with Crippen molar-refractivity contribution in [2.45, 2.75) is 147 Å². The zero-order valence-corrected chi connectivity index (χ0v) is 93.1. The number of carbonyl (C=O) groups is 2. The van der Waals surface area contributed by atoms with Crippen LogP contribution in [0.1, 0.15) is 147 Å². The van der Waals surface area contributed by atoms with Gasteiger partial charge in [0.05, 0.1) is 72.7 Å². The van der Waals surface area contributed by atoms with E-state index in [0.717, 1.165) is 243 Å². The van der Waals surface area contributed by atoms with E-state index in [1.54, 1.807) is 63.6 Å². The van der Waals surface area contributed by atoms with Crippen LogP contribution in [0.25, 0.3) is 0 Å². The van der Waals surface area contributed by atoms with Gasteiger partial charge in [0.25, 0.3) is 0 Å². The number of morpholine rings is 2. The lowest BCUT2D eigenvalue weighted by molar-refractivity contribution is -0.131. The normalized spacial score (nSPS) is 18.6. The van der Waals surface area contributed by atoms with Crippen LogP contribution in [0, 0.1) is 0 Å². The topological polar surface area (TPSA) is 217 Å². The lowest BCUT2D eigenvalue weighted by atomic mass is 10.1. The Morgan fingerprint density at radius 1 is 0.288 bits per heavy atom. The van der Waals surface area contributed by atoms with E-state index in [0.29, 0.717) is 0 Å². The van der Waals surface area contributed by atoms with Gasteiger partial charge in [-0.3, -0.25) is 29.2 Å². The molecule has 32 heteroatoms. The number of nitrogens with two attached hydrogens (primary N) is 1. The molecule has 0 atom stereocenters. The van der Waals surface area contributed by atoms with Gasteiger partial charge in [0.1, 0.15) is 0 Å². The number of likely N-dealkylation sites (N-methyl/N-ethyl adjacent to an activating group) is 9. The van der Waals surface area contributed by atoms with Crippen molar-refractivity contribution in [3.63, 3.8) is 0 Å². The molecule has 3 N–H and O–H groups in total. The van der Waals surface area contributed by atoms with Crippen LogP contribution in [0.3, 0.4) is 0 Å². The van der Waals surface area contributed by atoms with E-state index in [2.05, 4.69) is 207 Å². The highest BCUT2D eigenvalue weighted by Crippen LogP contribution is 2.11. The van der Waals surface area contributed by atoms with Gasteiger partial charge in [0.2, 0.25) is 11.8 Å². The van der Waals surface area contributed by atoms with E-state index in [1.807, 2.05) is 37.9 Å². The van der Waals surface area contributed by atoms with Gasteiger partial charge in [-0.05, 0) is 247 Å². The highest BCUT2D eigenvalue weighted by molar-refractivity contribution is 5.73. The van der Waals surface area contributed by atoms with Crippen molar-refractivity contribution >= 4 is 11.8 Å². The molecule has 0 aromatic rings. The van der Waals surface area contributed by atoms with Crippen molar-refractivity contribution in [3.8, 4) is 0 Å². The minimum atomic E-state index is 0.186. The number of amides is 2. The predicted molar refractivity (Wildman–Crippen MR) is 565 cm³/mol. The molecule has 10 aliphatic rings. The summed E-state index contributed by atoms with van der Waals surface area (Å²) in [4.78, 5) is 65.7. The zero-order chi connectivity index (χ0) is 100. The maximum Gasteiger partial charge on any atom is 0.219 e. The predicted octanol–water partition coefficient (Wildman–Crippen LogP) is 6.88. The third-order valence-corrected chi connectivity index (χ3v) is 24.0. The standard InChI is InChI=1S/C9H18N2O2.C8H18N2O.C8H16N2O.C8H17NO.C7H16N2.C7H18N2.C7H15NO2.C7H15NO.C7H15N.C6H13NO.C6H15NO.C6H13N.C5H13NO.C4H11N.C3H9N.C2H7N/c1-9(12)11-5-3-10(4-6-11)7-8-13-2;1-9-3-5-10(6-4-9)7-8-11-2;1-3-9-4-6-10(7-5-9)8(2)11;1-10-8-7-9-5-3-2-4-6-9;1-3-9-6-4-8(2)5-7-9;1-5-9(4)7-6-8(2)3;1-9-5-2-8-3-6-10-7-4-8;1-9-7-6-8-4-2-3-5-8;1-2-8-6-4-3-5-7-8;1-2-7-3-5-8-6-4-7;1-4-7(2)5-6-8-3;1-2-7-5-3-4-6-7;1-6(2)4-5-7-3;1-4-5(2)3;1-3-4-2;1-2-3/h3-8H2,1-2H3;3-8H2,1-2H3;3-7H2,1-2H3;2-8H2,1H3;3-7H2,1-2H3;5-7H2,1-4H3;2-7H2,1H3;2-7H2,1H3;2-7H2,1H3;2-6H2,1H3;4-6H2,1-3H3;2-6H2,1H3;4-5H2,1-3H3;4H2,1-3H3;4H,3H2,1-2H3;2-3H2,1H3. The second-order valence-corrected chi connectivity index (χ2v) is 35.6. The molecule has 0 unspecified atom stereocenters. The Kier molecular flexibility index (Phi) is 116. The molecule has 0 aromatic heterocycles. The van der Waals surface area contributed by atoms with Gasteiger partial charge in [-0.1, -0.05) is 82.1 Å². The Bertz CT molecular complexity index is 2130. The van der Waals surface area contributed by atoms with Crippen LogP contribution in [0.4, 0.5) is 0 Å². The molecule has 132 heavy (non-hydrogen) atoms. The Labute approximate surface area is 819 Å². The van der Waals surface area contributed by atoms with Crippen molar-refractivity contribution in [3.05, 3.63) is 0 Å². The number of methoxy groups -OCH3 is 7. The smallest absolute Gasteiger partial charge is 0.219 e. The van der Waals surface area contributed by atoms with Gasteiger partial charge in [-0.25, -0.2) is 0 Å². The lowest BCUT2D eigenvalue weighted by Gasteiger charge is -2.33. The molecule has 10 aliphatic heterocycles. The second kappa shape index (κ2) is 109. The van der Waals surface area contributed by atoms with Gasteiger partial charge < -0.3 is 127 Å². The Hall–Kier alpha value is -2.18. The summed E-state index contributed by atoms with van der Waals surface area (Å²) in [6, 6.07) is 0. The average Bonchev–Trinajstić information content (AvgIpc) is 1.13. The summed E-state index contributed by atoms with van der Waals surface area (Å²) in [5.74, 6) is 0.396. The summed E-state index contributed by atoms with van der Waals surface area (Å²) in [5, 5.41) is 2.93. The maximum atomic E-state index is 11.0. The molecule has 0 spiro atoms. The SMILES string of the molecule is CCN.CCN(C)C.CCN(C)CCN(C)C.CCN(C)CCOC.CCN1CCCC1.CCN1CCCCC1.CCN1CCN(C(C)=O)CC1.CCN1CCN(C)CC1.CCN1CCOCC1.CCNC.COCCN(C)C.COCCN1CCCC1.COCCN1CCCCC1.COCCN1CCN(C(C)=O)CC1.COCCN1CCN(C)CC1.COCCN1CCOCC1. The van der Waals surface area contributed by atoms with E-state index in [4.69, 9.17) is 48.4 Å². The molecular weight excluding hydrogens is 1670 g/mol. The molecule has 32 nitrogen and oxygen atoms in total. The number of ether oxygens (including phenoxy) is 9. The maximum absolute atomic E-state index is 11.0. The minimum absolute atomic E-state index is 0.186. The van der Waals surface area contributed by atoms with Crippen LogP contribution >= 0.6 is 0 Å². The van der Waals surface area contributed by atoms with Crippen molar-refractivity contribution in [2.24, 2.45) is 5.73 Å². The lowest BCUT2D eigenvalue weighted by Crippen LogP contribution is -2.48. The minimum Gasteiger partial charge on any atom is -0.383 e. The first-order valence-electron chi connectivity index (χ1n) is 51.9. The Balaban J connectivity index is -0.000000323. The second-order valence-electron chi connectivity index (χ2n) is 35.6. The van der Waals surface area contributed by atoms with Crippen molar-refractivity contribution in [1.82, 2.24) is 98.4 Å². The van der Waals surface area contributed by atoms with E-state index >= 15 is 0 Å². The highest BCUT2D eigenvalue weighted by atomic mass is 16.5.